The van der Waals surface area contributed by atoms with Gasteiger partial charge >= 0.3 is 12.1 Å². The van der Waals surface area contributed by atoms with Gasteiger partial charge < -0.3 is 9.84 Å². The first-order chi connectivity index (χ1) is 10.3. The van der Waals surface area contributed by atoms with Crippen molar-refractivity contribution >= 4 is 17.7 Å². The molecule has 116 valence electrons. The maximum absolute atomic E-state index is 12.6. The summed E-state index contributed by atoms with van der Waals surface area (Å²) >= 11 is 1.27. The number of thioether (sulfide) groups is 1. The van der Waals surface area contributed by atoms with Gasteiger partial charge in [0.2, 0.25) is 5.88 Å². The normalized spacial score (nSPS) is 11.3. The average Bonchev–Trinajstić information content (AvgIpc) is 2.46. The zero-order chi connectivity index (χ0) is 16.3. The van der Waals surface area contributed by atoms with Gasteiger partial charge in [0, 0.05) is 11.0 Å². The molecule has 0 aliphatic carbocycles. The van der Waals surface area contributed by atoms with Gasteiger partial charge in [0.25, 0.3) is 0 Å². The van der Waals surface area contributed by atoms with Crippen molar-refractivity contribution in [2.45, 2.75) is 11.1 Å². The van der Waals surface area contributed by atoms with Gasteiger partial charge in [0.05, 0.1) is 5.56 Å². The second-order valence-corrected chi connectivity index (χ2v) is 5.04. The van der Waals surface area contributed by atoms with E-state index in [0.29, 0.717) is 4.90 Å². The van der Waals surface area contributed by atoms with Gasteiger partial charge in [-0.2, -0.15) is 13.2 Å². The van der Waals surface area contributed by atoms with Gasteiger partial charge in [-0.25, -0.2) is 9.78 Å². The molecule has 0 saturated carbocycles. The third-order valence-corrected chi connectivity index (χ3v) is 3.32. The van der Waals surface area contributed by atoms with E-state index in [2.05, 4.69) is 4.98 Å². The number of hydrogen-bond donors (Lipinski definition) is 1. The molecule has 0 unspecified atom stereocenters. The number of benzene rings is 1. The molecule has 0 spiro atoms. The van der Waals surface area contributed by atoms with E-state index in [9.17, 15) is 18.0 Å². The van der Waals surface area contributed by atoms with Crippen molar-refractivity contribution in [3.8, 4) is 11.6 Å². The van der Waals surface area contributed by atoms with Gasteiger partial charge in [-0.15, -0.1) is 11.8 Å². The molecule has 0 fully saturated rings. The maximum Gasteiger partial charge on any atom is 0.416 e. The minimum atomic E-state index is -4.49. The van der Waals surface area contributed by atoms with Gasteiger partial charge in [-0.1, -0.05) is 6.07 Å². The van der Waals surface area contributed by atoms with Crippen LogP contribution in [0.2, 0.25) is 0 Å². The van der Waals surface area contributed by atoms with E-state index < -0.39 is 17.7 Å². The van der Waals surface area contributed by atoms with Gasteiger partial charge in [-0.3, -0.25) is 0 Å². The Labute approximate surface area is 127 Å². The Morgan fingerprint density at radius 1 is 1.27 bits per heavy atom. The molecule has 2 rings (SSSR count). The highest BCUT2D eigenvalue weighted by Gasteiger charge is 2.30. The standard InChI is InChI=1S/C14H10F3NO3S/c1-22-10-6-11(13(19)20)18-12(7-10)21-9-4-2-3-8(5-9)14(15,16)17/h2-7H,1H3,(H,19,20). The van der Waals surface area contributed by atoms with Crippen LogP contribution in [-0.2, 0) is 6.18 Å². The van der Waals surface area contributed by atoms with Crippen LogP contribution in [0.25, 0.3) is 0 Å². The zero-order valence-corrected chi connectivity index (χ0v) is 12.0. The van der Waals surface area contributed by atoms with Crippen molar-refractivity contribution in [2.75, 3.05) is 6.26 Å². The number of alkyl halides is 3. The quantitative estimate of drug-likeness (QED) is 0.847. The predicted molar refractivity (Wildman–Crippen MR) is 74.5 cm³/mol. The molecule has 1 N–H and O–H groups in total. The Bertz CT molecular complexity index is 704. The van der Waals surface area contributed by atoms with Gasteiger partial charge in [-0.05, 0) is 30.5 Å². The lowest BCUT2D eigenvalue weighted by molar-refractivity contribution is -0.137. The highest BCUT2D eigenvalue weighted by molar-refractivity contribution is 7.98. The molecule has 0 aliphatic rings. The van der Waals surface area contributed by atoms with Crippen LogP contribution in [0.4, 0.5) is 13.2 Å². The number of nitrogens with zero attached hydrogens (tertiary/aromatic N) is 1. The molecule has 1 aromatic heterocycles. The molecule has 1 heterocycles. The fourth-order valence-electron chi connectivity index (χ4n) is 1.62. The summed E-state index contributed by atoms with van der Waals surface area (Å²) in [7, 11) is 0. The van der Waals surface area contributed by atoms with Crippen LogP contribution in [0.5, 0.6) is 11.6 Å². The van der Waals surface area contributed by atoms with Crippen molar-refractivity contribution < 1.29 is 27.8 Å². The highest BCUT2D eigenvalue weighted by atomic mass is 32.2. The molecule has 4 nitrogen and oxygen atoms in total. The molecular weight excluding hydrogens is 319 g/mol. The lowest BCUT2D eigenvalue weighted by atomic mass is 10.2. The van der Waals surface area contributed by atoms with Crippen LogP contribution in [0, 0.1) is 0 Å². The third-order valence-electron chi connectivity index (χ3n) is 2.61. The Kier molecular flexibility index (Phi) is 4.60. The van der Waals surface area contributed by atoms with E-state index in [1.165, 1.54) is 36.0 Å². The smallest absolute Gasteiger partial charge is 0.416 e. The van der Waals surface area contributed by atoms with Crippen LogP contribution in [0.3, 0.4) is 0 Å². The number of carboxylic acids is 1. The van der Waals surface area contributed by atoms with E-state index >= 15 is 0 Å². The number of halogens is 3. The summed E-state index contributed by atoms with van der Waals surface area (Å²) in [6, 6.07) is 7.09. The van der Waals surface area contributed by atoms with Crippen molar-refractivity contribution in [2.24, 2.45) is 0 Å². The minimum absolute atomic E-state index is 0.0723. The molecule has 8 heteroatoms. The number of rotatable bonds is 4. The monoisotopic (exact) mass is 329 g/mol. The zero-order valence-electron chi connectivity index (χ0n) is 11.2. The summed E-state index contributed by atoms with van der Waals surface area (Å²) in [5.74, 6) is -1.40. The van der Waals surface area contributed by atoms with Crippen LogP contribution < -0.4 is 4.74 Å². The van der Waals surface area contributed by atoms with Crippen molar-refractivity contribution in [3.63, 3.8) is 0 Å². The Morgan fingerprint density at radius 2 is 2.00 bits per heavy atom. The molecule has 0 saturated heterocycles. The second-order valence-electron chi connectivity index (χ2n) is 4.16. The molecular formula is C14H10F3NO3S. The Morgan fingerprint density at radius 3 is 2.59 bits per heavy atom. The number of aromatic nitrogens is 1. The van der Waals surface area contributed by atoms with Crippen LogP contribution in [0.1, 0.15) is 16.1 Å². The fourth-order valence-corrected chi connectivity index (χ4v) is 2.07. The number of ether oxygens (including phenoxy) is 1. The van der Waals surface area contributed by atoms with Crippen LogP contribution >= 0.6 is 11.8 Å². The molecule has 2 aromatic rings. The number of aromatic carboxylic acids is 1. The SMILES string of the molecule is CSc1cc(Oc2cccc(C(F)(F)F)c2)nc(C(=O)O)c1. The third kappa shape index (κ3) is 3.91. The fraction of sp³-hybridized carbons (Fsp3) is 0.143. The maximum atomic E-state index is 12.6. The summed E-state index contributed by atoms with van der Waals surface area (Å²) in [5, 5.41) is 8.97. The van der Waals surface area contributed by atoms with Crippen molar-refractivity contribution in [3.05, 3.63) is 47.7 Å². The summed E-state index contributed by atoms with van der Waals surface area (Å²) in [5.41, 5.74) is -1.10. The molecule has 22 heavy (non-hydrogen) atoms. The minimum Gasteiger partial charge on any atom is -0.477 e. The van der Waals surface area contributed by atoms with E-state index in [4.69, 9.17) is 9.84 Å². The molecule has 1 aromatic carbocycles. The van der Waals surface area contributed by atoms with Crippen molar-refractivity contribution in [1.82, 2.24) is 4.98 Å². The number of pyridine rings is 1. The summed E-state index contributed by atoms with van der Waals surface area (Å²) in [4.78, 5) is 15.3. The Balaban J connectivity index is 2.34. The number of carboxylic acid groups (broad SMARTS) is 1. The predicted octanol–water partition coefficient (Wildman–Crippen LogP) is 4.31. The van der Waals surface area contributed by atoms with Gasteiger partial charge in [0.1, 0.15) is 5.75 Å². The van der Waals surface area contributed by atoms with E-state index in [1.807, 2.05) is 0 Å². The molecule has 0 amide bonds. The topological polar surface area (TPSA) is 59.4 Å². The van der Waals surface area contributed by atoms with Crippen molar-refractivity contribution in [1.29, 1.82) is 0 Å². The molecule has 0 atom stereocenters. The first-order valence-electron chi connectivity index (χ1n) is 5.94. The summed E-state index contributed by atoms with van der Waals surface area (Å²) in [6.07, 6.45) is -2.75. The summed E-state index contributed by atoms with van der Waals surface area (Å²) < 4.78 is 43.2. The lowest BCUT2D eigenvalue weighted by Crippen LogP contribution is -2.05. The molecule has 0 bridgehead atoms. The van der Waals surface area contributed by atoms with E-state index in [-0.39, 0.29) is 17.3 Å². The summed E-state index contributed by atoms with van der Waals surface area (Å²) in [6.45, 7) is 0. The number of carbonyl (C=O) groups is 1. The van der Waals surface area contributed by atoms with Crippen LogP contribution in [-0.4, -0.2) is 22.3 Å². The second kappa shape index (κ2) is 6.27. The number of hydrogen-bond acceptors (Lipinski definition) is 4. The van der Waals surface area contributed by atoms with Crippen LogP contribution in [0.15, 0.2) is 41.3 Å². The van der Waals surface area contributed by atoms with E-state index in [0.717, 1.165) is 12.1 Å². The highest BCUT2D eigenvalue weighted by Crippen LogP contribution is 2.33. The van der Waals surface area contributed by atoms with E-state index in [1.54, 1.807) is 6.26 Å². The lowest BCUT2D eigenvalue weighted by Gasteiger charge is -2.10. The Hall–Kier alpha value is -2.22. The average molecular weight is 329 g/mol. The first kappa shape index (κ1) is 16.2. The first-order valence-corrected chi connectivity index (χ1v) is 7.16. The largest absolute Gasteiger partial charge is 0.477 e. The van der Waals surface area contributed by atoms with Gasteiger partial charge in [0.15, 0.2) is 5.69 Å². The molecule has 0 aliphatic heterocycles. The molecule has 0 radical (unpaired) electrons.